The number of phenols is 2. The number of aromatic hydroxyl groups is 2. The number of benzene rings is 3. The molecule has 1 spiro atoms. The molecule has 0 atom stereocenters. The van der Waals surface area contributed by atoms with Gasteiger partial charge in [0.25, 0.3) is 0 Å². The van der Waals surface area contributed by atoms with E-state index in [9.17, 15) is 15.0 Å². The third-order valence-corrected chi connectivity index (χ3v) is 9.71. The molecule has 0 aromatic heterocycles. The van der Waals surface area contributed by atoms with Gasteiger partial charge in [0.2, 0.25) is 0 Å². The summed E-state index contributed by atoms with van der Waals surface area (Å²) >= 11 is 41.9. The molecule has 170 valence electrons. The predicted octanol–water partition coefficient (Wildman–Crippen LogP) is 8.80. The van der Waals surface area contributed by atoms with Crippen LogP contribution >= 0.6 is 115 Å². The van der Waals surface area contributed by atoms with Crippen LogP contribution in [0.15, 0.2) is 12.1 Å². The molecular formula is C20H4Cl6I2O5. The number of ether oxygens (including phenoxy) is 2. The summed E-state index contributed by atoms with van der Waals surface area (Å²) in [6, 6.07) is 2.78. The van der Waals surface area contributed by atoms with Crippen molar-refractivity contribution in [2.24, 2.45) is 0 Å². The molecule has 3 aromatic rings. The molecule has 2 aliphatic rings. The second-order valence-corrected chi connectivity index (χ2v) is 11.5. The lowest BCUT2D eigenvalue weighted by atomic mass is 9.77. The molecule has 0 unspecified atom stereocenters. The first kappa shape index (κ1) is 24.4. The first-order valence-corrected chi connectivity index (χ1v) is 13.1. The number of esters is 1. The maximum atomic E-state index is 13.2. The molecule has 2 N–H and O–H groups in total. The molecule has 2 heterocycles. The largest absolute Gasteiger partial charge is 0.505 e. The van der Waals surface area contributed by atoms with Crippen LogP contribution < -0.4 is 4.74 Å². The van der Waals surface area contributed by atoms with Gasteiger partial charge in [-0.3, -0.25) is 0 Å². The average molecular weight is 791 g/mol. The Balaban J connectivity index is 2.05. The Morgan fingerprint density at radius 2 is 1.21 bits per heavy atom. The number of fused-ring (bicyclic) bond motifs is 6. The molecule has 0 bridgehead atoms. The SMILES string of the molecule is O=C1OC2(c3cc(Cl)c(O)c(I)c3Oc3c2cc(Cl)c(O)c3I)c2c(Cl)c(Cl)c(Cl)c(Cl)c21. The van der Waals surface area contributed by atoms with Gasteiger partial charge in [0.1, 0.15) is 0 Å². The maximum Gasteiger partial charge on any atom is 0.341 e. The van der Waals surface area contributed by atoms with Gasteiger partial charge in [0.05, 0.1) is 54.0 Å². The Kier molecular flexibility index (Phi) is 6.01. The third-order valence-electron chi connectivity index (χ3n) is 5.33. The highest BCUT2D eigenvalue weighted by Crippen LogP contribution is 2.63. The van der Waals surface area contributed by atoms with Crippen molar-refractivity contribution >= 4 is 121 Å². The second-order valence-electron chi connectivity index (χ2n) is 6.97. The van der Waals surface area contributed by atoms with E-state index in [0.717, 1.165) is 0 Å². The monoisotopic (exact) mass is 788 g/mol. The van der Waals surface area contributed by atoms with Crippen LogP contribution in [-0.2, 0) is 10.3 Å². The molecule has 0 aliphatic carbocycles. The van der Waals surface area contributed by atoms with Gasteiger partial charge in [0.15, 0.2) is 28.6 Å². The van der Waals surface area contributed by atoms with Crippen LogP contribution in [0.4, 0.5) is 0 Å². The highest BCUT2D eigenvalue weighted by molar-refractivity contribution is 14.1. The van der Waals surface area contributed by atoms with Crippen molar-refractivity contribution in [3.8, 4) is 23.0 Å². The first-order chi connectivity index (χ1) is 15.4. The van der Waals surface area contributed by atoms with Crippen LogP contribution in [0, 0.1) is 7.14 Å². The molecule has 5 rings (SSSR count). The van der Waals surface area contributed by atoms with Gasteiger partial charge in [-0.25, -0.2) is 4.79 Å². The van der Waals surface area contributed by atoms with E-state index in [-0.39, 0.29) is 82.5 Å². The Morgan fingerprint density at radius 3 is 1.70 bits per heavy atom. The summed E-state index contributed by atoms with van der Waals surface area (Å²) in [5.41, 5.74) is -1.28. The fraction of sp³-hybridized carbons (Fsp3) is 0.0500. The number of phenolic OH excluding ortho intramolecular Hbond substituents is 2. The maximum absolute atomic E-state index is 13.2. The lowest BCUT2D eigenvalue weighted by Gasteiger charge is -2.38. The summed E-state index contributed by atoms with van der Waals surface area (Å²) in [5.74, 6) is -1.06. The number of hydrogen-bond donors (Lipinski definition) is 2. The zero-order valence-corrected chi connectivity index (χ0v) is 24.1. The van der Waals surface area contributed by atoms with Gasteiger partial charge in [-0.1, -0.05) is 69.6 Å². The van der Waals surface area contributed by atoms with E-state index >= 15 is 0 Å². The summed E-state index contributed by atoms with van der Waals surface area (Å²) in [5, 5.41) is 20.4. The van der Waals surface area contributed by atoms with E-state index in [0.29, 0.717) is 0 Å². The Hall–Kier alpha value is -0.270. The molecule has 0 saturated heterocycles. The van der Waals surface area contributed by atoms with E-state index in [2.05, 4.69) is 0 Å². The highest BCUT2D eigenvalue weighted by atomic mass is 127. The standard InChI is InChI=1S/C20H4Cl6I2O5/c21-5-1-3-17(13(27)15(5)29)32-18-4(2-6(22)16(30)14(18)28)20(3)8-7(19(31)33-20)9(23)11(25)12(26)10(8)24/h1-2,29-30H. The molecule has 33 heavy (non-hydrogen) atoms. The normalized spacial score (nSPS) is 15.1. The van der Waals surface area contributed by atoms with Crippen LogP contribution in [0.25, 0.3) is 0 Å². The topological polar surface area (TPSA) is 76.0 Å². The minimum Gasteiger partial charge on any atom is -0.505 e. The minimum atomic E-state index is -1.78. The number of carbonyl (C=O) groups is 1. The zero-order chi connectivity index (χ0) is 24.1. The molecule has 3 aromatic carbocycles. The first-order valence-electron chi connectivity index (χ1n) is 8.63. The highest BCUT2D eigenvalue weighted by Gasteiger charge is 2.58. The van der Waals surface area contributed by atoms with Crippen molar-refractivity contribution in [2.75, 3.05) is 0 Å². The quantitative estimate of drug-likeness (QED) is 0.103. The Morgan fingerprint density at radius 1 is 0.758 bits per heavy atom. The number of hydrogen-bond acceptors (Lipinski definition) is 5. The van der Waals surface area contributed by atoms with Crippen molar-refractivity contribution < 1.29 is 24.5 Å². The molecule has 2 aliphatic heterocycles. The van der Waals surface area contributed by atoms with Gasteiger partial charge >= 0.3 is 5.97 Å². The van der Waals surface area contributed by atoms with E-state index in [1.807, 2.05) is 45.2 Å². The molecule has 0 amide bonds. The lowest BCUT2D eigenvalue weighted by Crippen LogP contribution is -2.34. The van der Waals surface area contributed by atoms with Crippen molar-refractivity contribution in [1.82, 2.24) is 0 Å². The third kappa shape index (κ3) is 3.13. The van der Waals surface area contributed by atoms with Crippen LogP contribution in [-0.4, -0.2) is 16.2 Å². The summed E-state index contributed by atoms with van der Waals surface area (Å²) in [6.45, 7) is 0. The van der Waals surface area contributed by atoms with Crippen LogP contribution in [0.1, 0.15) is 27.0 Å². The number of halogens is 8. The number of rotatable bonds is 0. The van der Waals surface area contributed by atoms with Crippen molar-refractivity contribution in [2.45, 2.75) is 5.60 Å². The van der Waals surface area contributed by atoms with Crippen molar-refractivity contribution in [3.63, 3.8) is 0 Å². The van der Waals surface area contributed by atoms with Crippen LogP contribution in [0.5, 0.6) is 23.0 Å². The smallest absolute Gasteiger partial charge is 0.341 e. The summed E-state index contributed by atoms with van der Waals surface area (Å²) in [7, 11) is 0. The molecule has 0 saturated carbocycles. The predicted molar refractivity (Wildman–Crippen MR) is 144 cm³/mol. The van der Waals surface area contributed by atoms with Gasteiger partial charge in [0, 0.05) is 5.56 Å². The summed E-state index contributed by atoms with van der Waals surface area (Å²) in [6.07, 6.45) is 0. The fourth-order valence-electron chi connectivity index (χ4n) is 3.93. The molecule has 0 fully saturated rings. The van der Waals surface area contributed by atoms with Crippen LogP contribution in [0.2, 0.25) is 30.1 Å². The Bertz CT molecular complexity index is 1400. The van der Waals surface area contributed by atoms with Gasteiger partial charge in [-0.2, -0.15) is 0 Å². The second kappa shape index (κ2) is 8.12. The average Bonchev–Trinajstić information content (AvgIpc) is 3.08. The van der Waals surface area contributed by atoms with Gasteiger partial charge < -0.3 is 19.7 Å². The molecule has 13 heteroatoms. The van der Waals surface area contributed by atoms with E-state index in [1.54, 1.807) is 0 Å². The summed E-state index contributed by atoms with van der Waals surface area (Å²) in [4.78, 5) is 13.2. The lowest BCUT2D eigenvalue weighted by molar-refractivity contribution is 0.0223. The van der Waals surface area contributed by atoms with E-state index in [4.69, 9.17) is 79.1 Å². The molecule has 0 radical (unpaired) electrons. The van der Waals surface area contributed by atoms with Crippen molar-refractivity contribution in [1.29, 1.82) is 0 Å². The molecule has 5 nitrogen and oxygen atoms in total. The fourth-order valence-corrected chi connectivity index (χ4v) is 7.10. The van der Waals surface area contributed by atoms with E-state index < -0.39 is 11.6 Å². The van der Waals surface area contributed by atoms with Gasteiger partial charge in [-0.15, -0.1) is 0 Å². The minimum absolute atomic E-state index is 0.0315. The zero-order valence-electron chi connectivity index (χ0n) is 15.3. The van der Waals surface area contributed by atoms with Gasteiger partial charge in [-0.05, 0) is 57.3 Å². The molecular weight excluding hydrogens is 787 g/mol. The van der Waals surface area contributed by atoms with E-state index in [1.165, 1.54) is 12.1 Å². The van der Waals surface area contributed by atoms with Crippen LogP contribution in [0.3, 0.4) is 0 Å². The number of carbonyl (C=O) groups excluding carboxylic acids is 1. The Labute approximate surface area is 243 Å². The van der Waals surface area contributed by atoms with Crippen molar-refractivity contribution in [3.05, 3.63) is 71.7 Å². The summed E-state index contributed by atoms with van der Waals surface area (Å²) < 4.78 is 12.6.